The number of rotatable bonds is 3. The van der Waals surface area contributed by atoms with Gasteiger partial charge in [-0.1, -0.05) is 42.5 Å². The number of hydrogen-bond donors (Lipinski definition) is 1. The summed E-state index contributed by atoms with van der Waals surface area (Å²) in [6, 6.07) is 20.8. The Morgan fingerprint density at radius 2 is 1.56 bits per heavy atom. The summed E-state index contributed by atoms with van der Waals surface area (Å²) in [6.07, 6.45) is 3.60. The maximum absolute atomic E-state index is 4.90. The molecule has 25 heavy (non-hydrogen) atoms. The van der Waals surface area contributed by atoms with Crippen molar-refractivity contribution in [2.45, 2.75) is 13.8 Å². The van der Waals surface area contributed by atoms with Crippen molar-refractivity contribution in [2.75, 3.05) is 0 Å². The Morgan fingerprint density at radius 3 is 2.28 bits per heavy atom. The third-order valence-corrected chi connectivity index (χ3v) is 4.48. The fraction of sp³-hybridized carbons (Fsp3) is 0.0909. The lowest BCUT2D eigenvalue weighted by atomic mass is 10.0. The monoisotopic (exact) mass is 325 g/mol. The average molecular weight is 325 g/mol. The van der Waals surface area contributed by atoms with Crippen molar-refractivity contribution in [2.24, 2.45) is 0 Å². The van der Waals surface area contributed by atoms with E-state index < -0.39 is 0 Å². The van der Waals surface area contributed by atoms with Crippen LogP contribution in [0.25, 0.3) is 33.9 Å². The Morgan fingerprint density at radius 1 is 0.760 bits per heavy atom. The summed E-state index contributed by atoms with van der Waals surface area (Å²) in [6.45, 7) is 4.26. The molecule has 2 aromatic heterocycles. The van der Waals surface area contributed by atoms with Gasteiger partial charge in [0, 0.05) is 29.1 Å². The third-order valence-electron chi connectivity index (χ3n) is 4.48. The van der Waals surface area contributed by atoms with Crippen molar-refractivity contribution >= 4 is 0 Å². The Balaban J connectivity index is 1.92. The molecular weight excluding hydrogens is 306 g/mol. The number of H-pyrrole nitrogens is 1. The van der Waals surface area contributed by atoms with E-state index in [1.165, 1.54) is 11.1 Å². The summed E-state index contributed by atoms with van der Waals surface area (Å²) in [7, 11) is 0. The Hall–Kier alpha value is -3.20. The molecule has 0 saturated heterocycles. The van der Waals surface area contributed by atoms with Gasteiger partial charge in [-0.3, -0.25) is 4.98 Å². The van der Waals surface area contributed by atoms with E-state index in [0.29, 0.717) is 0 Å². The molecule has 0 amide bonds. The molecule has 0 bridgehead atoms. The predicted molar refractivity (Wildman–Crippen MR) is 102 cm³/mol. The van der Waals surface area contributed by atoms with E-state index in [0.717, 1.165) is 33.9 Å². The van der Waals surface area contributed by atoms with Gasteiger partial charge in [-0.05, 0) is 43.2 Å². The number of hydrogen-bond acceptors (Lipinski definition) is 2. The SMILES string of the molecule is Cc1ccc(-c2nc(-c3cccnc3)[nH]c2-c2ccccc2)cc1C. The van der Waals surface area contributed by atoms with Gasteiger partial charge in [0.1, 0.15) is 5.82 Å². The first kappa shape index (κ1) is 15.3. The van der Waals surface area contributed by atoms with E-state index in [2.05, 4.69) is 54.1 Å². The van der Waals surface area contributed by atoms with Crippen molar-refractivity contribution in [3.63, 3.8) is 0 Å². The molecule has 2 aromatic carbocycles. The van der Waals surface area contributed by atoms with Crippen LogP contribution in [0.15, 0.2) is 73.1 Å². The summed E-state index contributed by atoms with van der Waals surface area (Å²) in [5.41, 5.74) is 7.77. The van der Waals surface area contributed by atoms with Gasteiger partial charge in [0.15, 0.2) is 0 Å². The zero-order valence-electron chi connectivity index (χ0n) is 14.3. The van der Waals surface area contributed by atoms with E-state index in [1.807, 2.05) is 36.5 Å². The molecule has 0 unspecified atom stereocenters. The van der Waals surface area contributed by atoms with Gasteiger partial charge in [0.25, 0.3) is 0 Å². The Bertz CT molecular complexity index is 1000. The van der Waals surface area contributed by atoms with E-state index in [-0.39, 0.29) is 0 Å². The zero-order valence-corrected chi connectivity index (χ0v) is 14.3. The normalized spacial score (nSPS) is 10.8. The van der Waals surface area contributed by atoms with Gasteiger partial charge in [-0.2, -0.15) is 0 Å². The van der Waals surface area contributed by atoms with Crippen LogP contribution in [-0.2, 0) is 0 Å². The van der Waals surface area contributed by atoms with Crippen LogP contribution in [0.1, 0.15) is 11.1 Å². The van der Waals surface area contributed by atoms with Crippen LogP contribution < -0.4 is 0 Å². The molecule has 0 aliphatic rings. The first-order chi connectivity index (χ1) is 12.2. The number of aromatic amines is 1. The zero-order chi connectivity index (χ0) is 17.2. The summed E-state index contributed by atoms with van der Waals surface area (Å²) < 4.78 is 0. The molecular formula is C22H19N3. The highest BCUT2D eigenvalue weighted by Gasteiger charge is 2.15. The number of aromatic nitrogens is 3. The highest BCUT2D eigenvalue weighted by atomic mass is 14.9. The van der Waals surface area contributed by atoms with E-state index >= 15 is 0 Å². The highest BCUT2D eigenvalue weighted by Crippen LogP contribution is 2.33. The largest absolute Gasteiger partial charge is 0.337 e. The number of benzene rings is 2. The minimum atomic E-state index is 0.834. The van der Waals surface area contributed by atoms with Gasteiger partial charge in [-0.15, -0.1) is 0 Å². The second-order valence-electron chi connectivity index (χ2n) is 6.22. The molecule has 1 N–H and O–H groups in total. The van der Waals surface area contributed by atoms with Crippen LogP contribution in [0, 0.1) is 13.8 Å². The van der Waals surface area contributed by atoms with Gasteiger partial charge >= 0.3 is 0 Å². The maximum Gasteiger partial charge on any atom is 0.140 e. The minimum Gasteiger partial charge on any atom is -0.337 e. The molecule has 4 aromatic rings. The predicted octanol–water partition coefficient (Wildman–Crippen LogP) is 5.42. The number of imidazole rings is 1. The van der Waals surface area contributed by atoms with Crippen LogP contribution in [0.2, 0.25) is 0 Å². The van der Waals surface area contributed by atoms with E-state index in [1.54, 1.807) is 6.20 Å². The lowest BCUT2D eigenvalue weighted by molar-refractivity contribution is 1.26. The van der Waals surface area contributed by atoms with Gasteiger partial charge in [0.05, 0.1) is 11.4 Å². The first-order valence-corrected chi connectivity index (χ1v) is 8.36. The maximum atomic E-state index is 4.90. The number of nitrogens with one attached hydrogen (secondary N) is 1. The molecule has 4 rings (SSSR count). The summed E-state index contributed by atoms with van der Waals surface area (Å²) in [4.78, 5) is 12.6. The molecule has 0 radical (unpaired) electrons. The van der Waals surface area contributed by atoms with Crippen LogP contribution in [-0.4, -0.2) is 15.0 Å². The molecule has 3 nitrogen and oxygen atoms in total. The summed E-state index contributed by atoms with van der Waals surface area (Å²) in [5, 5.41) is 0. The summed E-state index contributed by atoms with van der Waals surface area (Å²) in [5.74, 6) is 0.834. The third kappa shape index (κ3) is 2.96. The fourth-order valence-electron chi connectivity index (χ4n) is 2.92. The van der Waals surface area contributed by atoms with Crippen LogP contribution in [0.3, 0.4) is 0 Å². The molecule has 122 valence electrons. The Kier molecular flexibility index (Phi) is 3.90. The lowest BCUT2D eigenvalue weighted by Crippen LogP contribution is -1.87. The van der Waals surface area contributed by atoms with Crippen molar-refractivity contribution < 1.29 is 0 Å². The molecule has 0 spiro atoms. The van der Waals surface area contributed by atoms with Crippen molar-refractivity contribution in [3.8, 4) is 33.9 Å². The minimum absolute atomic E-state index is 0.834. The molecule has 0 aliphatic heterocycles. The number of aryl methyl sites for hydroxylation is 2. The summed E-state index contributed by atoms with van der Waals surface area (Å²) >= 11 is 0. The van der Waals surface area contributed by atoms with E-state index in [9.17, 15) is 0 Å². The van der Waals surface area contributed by atoms with Gasteiger partial charge in [-0.25, -0.2) is 4.98 Å². The molecule has 0 fully saturated rings. The quantitative estimate of drug-likeness (QED) is 0.546. The lowest BCUT2D eigenvalue weighted by Gasteiger charge is -2.06. The second-order valence-corrected chi connectivity index (χ2v) is 6.22. The topological polar surface area (TPSA) is 41.6 Å². The average Bonchev–Trinajstić information content (AvgIpc) is 3.11. The molecule has 2 heterocycles. The van der Waals surface area contributed by atoms with Gasteiger partial charge in [0.2, 0.25) is 0 Å². The molecule has 0 aliphatic carbocycles. The number of pyridine rings is 1. The second kappa shape index (κ2) is 6.36. The highest BCUT2D eigenvalue weighted by molar-refractivity contribution is 5.81. The fourth-order valence-corrected chi connectivity index (χ4v) is 2.92. The van der Waals surface area contributed by atoms with Crippen LogP contribution in [0.5, 0.6) is 0 Å². The van der Waals surface area contributed by atoms with Crippen molar-refractivity contribution in [3.05, 3.63) is 84.2 Å². The Labute approximate surface area is 147 Å². The smallest absolute Gasteiger partial charge is 0.140 e. The van der Waals surface area contributed by atoms with Crippen molar-refractivity contribution in [1.82, 2.24) is 15.0 Å². The molecule has 3 heteroatoms. The van der Waals surface area contributed by atoms with E-state index in [4.69, 9.17) is 4.98 Å². The molecule has 0 saturated carbocycles. The first-order valence-electron chi connectivity index (χ1n) is 8.36. The van der Waals surface area contributed by atoms with Crippen LogP contribution in [0.4, 0.5) is 0 Å². The van der Waals surface area contributed by atoms with Crippen LogP contribution >= 0.6 is 0 Å². The van der Waals surface area contributed by atoms with Crippen molar-refractivity contribution in [1.29, 1.82) is 0 Å². The van der Waals surface area contributed by atoms with Gasteiger partial charge < -0.3 is 4.98 Å². The molecule has 0 atom stereocenters. The number of nitrogens with zero attached hydrogens (tertiary/aromatic N) is 2. The standard InChI is InChI=1S/C22H19N3/c1-15-10-11-18(13-16(15)2)21-20(17-7-4-3-5-8-17)24-22(25-21)19-9-6-12-23-14-19/h3-14H,1-2H3,(H,24,25).